The van der Waals surface area contributed by atoms with Crippen molar-refractivity contribution >= 4 is 10.8 Å². The molecule has 1 unspecified atom stereocenters. The van der Waals surface area contributed by atoms with E-state index in [1.807, 2.05) is 0 Å². The summed E-state index contributed by atoms with van der Waals surface area (Å²) >= 11 is 0. The van der Waals surface area contributed by atoms with Gasteiger partial charge in [0.25, 0.3) is 5.56 Å². The quantitative estimate of drug-likeness (QED) is 0.717. The molecule has 7 heteroatoms. The average molecular weight is 351 g/mol. The second-order valence-corrected chi connectivity index (χ2v) is 5.74. The van der Waals surface area contributed by atoms with Crippen molar-refractivity contribution in [2.45, 2.75) is 12.6 Å². The van der Waals surface area contributed by atoms with Gasteiger partial charge in [0.15, 0.2) is 0 Å². The van der Waals surface area contributed by atoms with Gasteiger partial charge in [0.05, 0.1) is 26.4 Å². The van der Waals surface area contributed by atoms with Gasteiger partial charge in [-0.2, -0.15) is 5.26 Å². The first-order valence-electron chi connectivity index (χ1n) is 7.94. The molecular weight excluding hydrogens is 334 g/mol. The summed E-state index contributed by atoms with van der Waals surface area (Å²) in [5.74, 6) is 0.555. The molecule has 2 heterocycles. The van der Waals surface area contributed by atoms with Crippen LogP contribution in [-0.4, -0.2) is 39.6 Å². The van der Waals surface area contributed by atoms with E-state index in [1.54, 1.807) is 42.7 Å². The SMILES string of the molecule is COc1ccc2c(=O)n(CC(O)CO)c(C#N)c(-c3cccnc3)c2c1. The van der Waals surface area contributed by atoms with E-state index in [2.05, 4.69) is 11.1 Å². The molecule has 0 spiro atoms. The third-order valence-electron chi connectivity index (χ3n) is 4.14. The Morgan fingerprint density at radius 2 is 2.15 bits per heavy atom. The van der Waals surface area contributed by atoms with E-state index < -0.39 is 18.3 Å². The number of nitrogens with zero attached hydrogens (tertiary/aromatic N) is 3. The summed E-state index contributed by atoms with van der Waals surface area (Å²) in [4.78, 5) is 17.0. The van der Waals surface area contributed by atoms with Crippen molar-refractivity contribution in [3.8, 4) is 22.9 Å². The van der Waals surface area contributed by atoms with Crippen LogP contribution < -0.4 is 10.3 Å². The van der Waals surface area contributed by atoms with Crippen LogP contribution >= 0.6 is 0 Å². The number of hydrogen-bond acceptors (Lipinski definition) is 6. The first-order chi connectivity index (χ1) is 12.6. The third kappa shape index (κ3) is 3.04. The first-order valence-corrected chi connectivity index (χ1v) is 7.94. The van der Waals surface area contributed by atoms with Gasteiger partial charge in [-0.1, -0.05) is 6.07 Å². The lowest BCUT2D eigenvalue weighted by atomic mass is 9.98. The Labute approximate surface area is 149 Å². The molecule has 2 aromatic heterocycles. The number of aliphatic hydroxyl groups is 2. The predicted molar refractivity (Wildman–Crippen MR) is 95.8 cm³/mol. The number of aliphatic hydroxyl groups excluding tert-OH is 2. The molecule has 0 radical (unpaired) electrons. The van der Waals surface area contributed by atoms with Gasteiger partial charge < -0.3 is 14.9 Å². The van der Waals surface area contributed by atoms with E-state index >= 15 is 0 Å². The van der Waals surface area contributed by atoms with Gasteiger partial charge in [-0.3, -0.25) is 14.3 Å². The lowest BCUT2D eigenvalue weighted by Gasteiger charge is -2.18. The molecule has 0 saturated carbocycles. The van der Waals surface area contributed by atoms with Gasteiger partial charge in [0.1, 0.15) is 17.5 Å². The molecule has 2 N–H and O–H groups in total. The lowest BCUT2D eigenvalue weighted by molar-refractivity contribution is 0.0803. The van der Waals surface area contributed by atoms with Gasteiger partial charge in [0.2, 0.25) is 0 Å². The van der Waals surface area contributed by atoms with Crippen LogP contribution in [-0.2, 0) is 6.54 Å². The average Bonchev–Trinajstić information content (AvgIpc) is 2.69. The van der Waals surface area contributed by atoms with E-state index in [0.717, 1.165) is 0 Å². The number of hydrogen-bond donors (Lipinski definition) is 2. The zero-order chi connectivity index (χ0) is 18.7. The second-order valence-electron chi connectivity index (χ2n) is 5.74. The Morgan fingerprint density at radius 1 is 1.35 bits per heavy atom. The highest BCUT2D eigenvalue weighted by Gasteiger charge is 2.20. The van der Waals surface area contributed by atoms with Crippen LogP contribution in [0.5, 0.6) is 5.75 Å². The minimum absolute atomic E-state index is 0.0938. The van der Waals surface area contributed by atoms with Crippen LogP contribution in [0.2, 0.25) is 0 Å². The summed E-state index contributed by atoms with van der Waals surface area (Å²) in [5.41, 5.74) is 0.865. The number of fused-ring (bicyclic) bond motifs is 1. The molecule has 0 bridgehead atoms. The molecular formula is C19H17N3O4. The number of rotatable bonds is 5. The van der Waals surface area contributed by atoms with Crippen LogP contribution in [0, 0.1) is 11.3 Å². The number of nitriles is 1. The van der Waals surface area contributed by atoms with Crippen molar-refractivity contribution < 1.29 is 14.9 Å². The highest BCUT2D eigenvalue weighted by Crippen LogP contribution is 2.32. The highest BCUT2D eigenvalue weighted by atomic mass is 16.5. The Morgan fingerprint density at radius 3 is 2.77 bits per heavy atom. The molecule has 3 aromatic rings. The van der Waals surface area contributed by atoms with Crippen molar-refractivity contribution in [3.05, 3.63) is 58.8 Å². The van der Waals surface area contributed by atoms with Crippen LogP contribution in [0.3, 0.4) is 0 Å². The monoisotopic (exact) mass is 351 g/mol. The van der Waals surface area contributed by atoms with Gasteiger partial charge in [0, 0.05) is 34.3 Å². The summed E-state index contributed by atoms with van der Waals surface area (Å²) in [6.07, 6.45) is 2.06. The molecule has 1 atom stereocenters. The Bertz CT molecular complexity index is 1040. The molecule has 0 aliphatic carbocycles. The molecule has 132 valence electrons. The topological polar surface area (TPSA) is 108 Å². The van der Waals surface area contributed by atoms with E-state index in [1.165, 1.54) is 11.7 Å². The molecule has 26 heavy (non-hydrogen) atoms. The minimum Gasteiger partial charge on any atom is -0.497 e. The van der Waals surface area contributed by atoms with Crippen molar-refractivity contribution in [3.63, 3.8) is 0 Å². The van der Waals surface area contributed by atoms with E-state index in [4.69, 9.17) is 9.84 Å². The lowest BCUT2D eigenvalue weighted by Crippen LogP contribution is -2.31. The zero-order valence-electron chi connectivity index (χ0n) is 14.1. The summed E-state index contributed by atoms with van der Waals surface area (Å²) < 4.78 is 6.45. The first kappa shape index (κ1) is 17.6. The Kier molecular flexibility index (Phi) is 4.98. The standard InChI is InChI=1S/C19H17N3O4/c1-26-14-4-5-15-16(7-14)18(12-3-2-6-21-9-12)17(8-20)22(19(15)25)10-13(24)11-23/h2-7,9,13,23-24H,10-11H2,1H3. The van der Waals surface area contributed by atoms with Crippen molar-refractivity contribution in [2.75, 3.05) is 13.7 Å². The van der Waals surface area contributed by atoms with E-state index in [9.17, 15) is 15.2 Å². The van der Waals surface area contributed by atoms with Gasteiger partial charge in [-0.25, -0.2) is 0 Å². The summed E-state index contributed by atoms with van der Waals surface area (Å²) in [7, 11) is 1.52. The zero-order valence-corrected chi connectivity index (χ0v) is 14.1. The van der Waals surface area contributed by atoms with Crippen molar-refractivity contribution in [1.82, 2.24) is 9.55 Å². The fraction of sp³-hybridized carbons (Fsp3) is 0.211. The number of pyridine rings is 2. The minimum atomic E-state index is -1.16. The van der Waals surface area contributed by atoms with Crippen LogP contribution in [0.25, 0.3) is 21.9 Å². The molecule has 0 fully saturated rings. The maximum Gasteiger partial charge on any atom is 0.259 e. The fourth-order valence-electron chi connectivity index (χ4n) is 2.91. The summed E-state index contributed by atoms with van der Waals surface area (Å²) in [5, 5.41) is 29.7. The molecule has 0 aliphatic rings. The van der Waals surface area contributed by atoms with Crippen LogP contribution in [0.1, 0.15) is 5.69 Å². The van der Waals surface area contributed by atoms with Gasteiger partial charge in [-0.15, -0.1) is 0 Å². The highest BCUT2D eigenvalue weighted by molar-refractivity contribution is 5.98. The largest absolute Gasteiger partial charge is 0.497 e. The fourth-order valence-corrected chi connectivity index (χ4v) is 2.91. The maximum atomic E-state index is 12.9. The summed E-state index contributed by atoms with van der Waals surface area (Å²) in [6, 6.07) is 10.6. The predicted octanol–water partition coefficient (Wildman–Crippen LogP) is 1.30. The number of benzene rings is 1. The van der Waals surface area contributed by atoms with Crippen molar-refractivity contribution in [2.24, 2.45) is 0 Å². The Balaban J connectivity index is 2.45. The second kappa shape index (κ2) is 7.35. The number of aromatic nitrogens is 2. The smallest absolute Gasteiger partial charge is 0.259 e. The Hall–Kier alpha value is -3.21. The molecule has 1 aromatic carbocycles. The molecule has 3 rings (SSSR count). The third-order valence-corrected chi connectivity index (χ3v) is 4.14. The number of methoxy groups -OCH3 is 1. The molecule has 0 amide bonds. The molecule has 0 saturated heterocycles. The molecule has 0 aliphatic heterocycles. The van der Waals surface area contributed by atoms with Crippen molar-refractivity contribution in [1.29, 1.82) is 5.26 Å². The van der Waals surface area contributed by atoms with E-state index in [0.29, 0.717) is 27.6 Å². The van der Waals surface area contributed by atoms with Gasteiger partial charge in [-0.05, 0) is 24.3 Å². The maximum absolute atomic E-state index is 12.9. The van der Waals surface area contributed by atoms with Crippen LogP contribution in [0.15, 0.2) is 47.5 Å². The van der Waals surface area contributed by atoms with E-state index in [-0.39, 0.29) is 12.2 Å². The van der Waals surface area contributed by atoms with Crippen LogP contribution in [0.4, 0.5) is 0 Å². The normalized spacial score (nSPS) is 11.9. The molecule has 7 nitrogen and oxygen atoms in total. The summed E-state index contributed by atoms with van der Waals surface area (Å²) in [6.45, 7) is -0.701. The van der Waals surface area contributed by atoms with Gasteiger partial charge >= 0.3 is 0 Å². The number of ether oxygens (including phenoxy) is 1.